The molecule has 0 saturated carbocycles. The van der Waals surface area contributed by atoms with Crippen LogP contribution in [0, 0.1) is 11.7 Å². The number of anilines is 2. The fourth-order valence-corrected chi connectivity index (χ4v) is 4.76. The topological polar surface area (TPSA) is 77.5 Å². The van der Waals surface area contributed by atoms with Gasteiger partial charge in [-0.15, -0.1) is 0 Å². The Bertz CT molecular complexity index is 1280. The van der Waals surface area contributed by atoms with Crippen LogP contribution in [0.25, 0.3) is 0 Å². The first kappa shape index (κ1) is 22.7. The van der Waals surface area contributed by atoms with Crippen LogP contribution in [0.5, 0.6) is 17.2 Å². The maximum Gasteiger partial charge on any atom is 0.266 e. The van der Waals surface area contributed by atoms with Crippen molar-refractivity contribution < 1.29 is 33.0 Å². The van der Waals surface area contributed by atoms with Gasteiger partial charge in [0, 0.05) is 5.56 Å². The Morgan fingerprint density at radius 1 is 0.800 bits per heavy atom. The molecule has 0 aromatic heterocycles. The Kier molecular flexibility index (Phi) is 5.78. The quantitative estimate of drug-likeness (QED) is 0.498. The van der Waals surface area contributed by atoms with Gasteiger partial charge in [-0.25, -0.2) is 14.4 Å². The number of para-hydroxylation sites is 1. The van der Waals surface area contributed by atoms with Gasteiger partial charge < -0.3 is 14.2 Å². The van der Waals surface area contributed by atoms with Gasteiger partial charge in [-0.05, 0) is 42.5 Å². The highest BCUT2D eigenvalue weighted by atomic mass is 19.1. The third-order valence-electron chi connectivity index (χ3n) is 6.25. The highest BCUT2D eigenvalue weighted by Gasteiger charge is 2.61. The number of halogens is 1. The summed E-state index contributed by atoms with van der Waals surface area (Å²) >= 11 is 0. The van der Waals surface area contributed by atoms with Crippen molar-refractivity contribution in [2.45, 2.75) is 12.1 Å². The van der Waals surface area contributed by atoms with Gasteiger partial charge in [-0.1, -0.05) is 24.3 Å². The molecule has 0 bridgehead atoms. The monoisotopic (exact) mass is 478 g/mol. The Hall–Kier alpha value is -4.11. The van der Waals surface area contributed by atoms with Gasteiger partial charge >= 0.3 is 0 Å². The van der Waals surface area contributed by atoms with Crippen molar-refractivity contribution in [3.05, 3.63) is 78.1 Å². The second-order valence-corrected chi connectivity index (χ2v) is 8.07. The number of hydrogen-bond donors (Lipinski definition) is 0. The van der Waals surface area contributed by atoms with Crippen LogP contribution >= 0.6 is 0 Å². The number of hydroxylamine groups is 1. The first-order valence-corrected chi connectivity index (χ1v) is 10.9. The van der Waals surface area contributed by atoms with E-state index in [9.17, 15) is 14.0 Å². The van der Waals surface area contributed by atoms with Gasteiger partial charge in [-0.3, -0.25) is 14.4 Å². The zero-order chi connectivity index (χ0) is 24.7. The molecule has 0 unspecified atom stereocenters. The predicted octanol–water partition coefficient (Wildman–Crippen LogP) is 3.90. The van der Waals surface area contributed by atoms with Gasteiger partial charge in [-0.2, -0.15) is 0 Å². The molecule has 2 aliphatic heterocycles. The Morgan fingerprint density at radius 3 is 2.17 bits per heavy atom. The minimum Gasteiger partial charge on any atom is -0.493 e. The number of carbonyl (C=O) groups is 2. The molecule has 0 aliphatic carbocycles. The molecular weight excluding hydrogens is 455 g/mol. The molecule has 3 aromatic rings. The zero-order valence-corrected chi connectivity index (χ0v) is 19.3. The van der Waals surface area contributed by atoms with Crippen LogP contribution in [0.2, 0.25) is 0 Å². The molecule has 5 rings (SSSR count). The number of ether oxygens (including phenoxy) is 3. The fraction of sp³-hybridized carbons (Fsp3) is 0.231. The van der Waals surface area contributed by atoms with Crippen LogP contribution in [0.4, 0.5) is 15.8 Å². The van der Waals surface area contributed by atoms with E-state index in [4.69, 9.17) is 19.0 Å². The van der Waals surface area contributed by atoms with E-state index in [2.05, 4.69) is 0 Å². The van der Waals surface area contributed by atoms with Crippen molar-refractivity contribution in [1.29, 1.82) is 0 Å². The van der Waals surface area contributed by atoms with Gasteiger partial charge in [0.15, 0.2) is 17.6 Å². The minimum absolute atomic E-state index is 0.155. The Balaban J connectivity index is 1.66. The average Bonchev–Trinajstić information content (AvgIpc) is 3.39. The number of methoxy groups -OCH3 is 3. The smallest absolute Gasteiger partial charge is 0.266 e. The van der Waals surface area contributed by atoms with E-state index in [0.29, 0.717) is 28.5 Å². The average molecular weight is 478 g/mol. The third kappa shape index (κ3) is 3.55. The molecule has 2 fully saturated rings. The number of carbonyl (C=O) groups excluding carboxylic acids is 2. The molecular formula is C26H23FN2O6. The second-order valence-electron chi connectivity index (χ2n) is 8.07. The third-order valence-corrected chi connectivity index (χ3v) is 6.25. The first-order chi connectivity index (χ1) is 17.0. The van der Waals surface area contributed by atoms with E-state index < -0.39 is 35.7 Å². The zero-order valence-electron chi connectivity index (χ0n) is 19.3. The Morgan fingerprint density at radius 2 is 1.51 bits per heavy atom. The molecule has 35 heavy (non-hydrogen) atoms. The Labute approximate surface area is 201 Å². The summed E-state index contributed by atoms with van der Waals surface area (Å²) in [5, 5.41) is 1.55. The molecule has 0 N–H and O–H groups in total. The number of fused-ring (bicyclic) bond motifs is 1. The van der Waals surface area contributed by atoms with Crippen LogP contribution in [0.3, 0.4) is 0 Å². The highest BCUT2D eigenvalue weighted by Crippen LogP contribution is 2.52. The number of amides is 2. The predicted molar refractivity (Wildman–Crippen MR) is 125 cm³/mol. The standard InChI is InChI=1S/C26H23FN2O6/c1-32-19-13-12-18(22(33-2)23(19)34-3)21-20-24(35-29(21)16-9-5-4-6-10-16)26(31)28(25(20)30)17-11-7-8-15(27)14-17/h4-14,20-21,24H,1-3H3/t20-,21+,24-/m0/s1. The number of rotatable bonds is 6. The molecule has 2 amide bonds. The molecule has 0 spiro atoms. The van der Waals surface area contributed by atoms with E-state index in [1.54, 1.807) is 17.2 Å². The maximum atomic E-state index is 13.9. The number of nitrogens with zero attached hydrogens (tertiary/aromatic N) is 2. The number of imide groups is 1. The second kappa shape index (κ2) is 8.92. The van der Waals surface area contributed by atoms with Crippen molar-refractivity contribution in [3.63, 3.8) is 0 Å². The van der Waals surface area contributed by atoms with Crippen LogP contribution in [-0.2, 0) is 14.4 Å². The van der Waals surface area contributed by atoms with Crippen molar-refractivity contribution in [2.75, 3.05) is 31.3 Å². The van der Waals surface area contributed by atoms with Crippen LogP contribution in [0.15, 0.2) is 66.7 Å². The van der Waals surface area contributed by atoms with E-state index >= 15 is 0 Å². The molecule has 0 radical (unpaired) electrons. The lowest BCUT2D eigenvalue weighted by atomic mass is 9.89. The summed E-state index contributed by atoms with van der Waals surface area (Å²) < 4.78 is 30.6. The molecule has 3 aromatic carbocycles. The summed E-state index contributed by atoms with van der Waals surface area (Å²) in [5.41, 5.74) is 1.38. The SMILES string of the molecule is COc1ccc([C@@H]2[C@@H]3C(=O)N(c4cccc(F)c4)C(=O)[C@H]3ON2c2ccccc2)c(OC)c1OC. The molecule has 180 valence electrons. The van der Waals surface area contributed by atoms with Crippen LogP contribution in [-0.4, -0.2) is 39.2 Å². The highest BCUT2D eigenvalue weighted by molar-refractivity contribution is 6.24. The van der Waals surface area contributed by atoms with E-state index in [1.807, 2.05) is 30.3 Å². The number of hydrogen-bond acceptors (Lipinski definition) is 7. The summed E-state index contributed by atoms with van der Waals surface area (Å²) in [7, 11) is 4.49. The lowest BCUT2D eigenvalue weighted by Crippen LogP contribution is -2.37. The summed E-state index contributed by atoms with van der Waals surface area (Å²) in [6, 6.07) is 17.2. The summed E-state index contributed by atoms with van der Waals surface area (Å²) in [6.07, 6.45) is -1.10. The van der Waals surface area contributed by atoms with E-state index in [0.717, 1.165) is 11.0 Å². The summed E-state index contributed by atoms with van der Waals surface area (Å²) in [6.45, 7) is 0. The number of benzene rings is 3. The van der Waals surface area contributed by atoms with E-state index in [1.165, 1.54) is 39.5 Å². The van der Waals surface area contributed by atoms with Crippen molar-refractivity contribution in [2.24, 2.45) is 5.92 Å². The van der Waals surface area contributed by atoms with Crippen LogP contribution < -0.4 is 24.2 Å². The van der Waals surface area contributed by atoms with Gasteiger partial charge in [0.05, 0.1) is 32.7 Å². The molecule has 2 heterocycles. The van der Waals surface area contributed by atoms with Crippen molar-refractivity contribution in [1.82, 2.24) is 0 Å². The molecule has 8 nitrogen and oxygen atoms in total. The molecule has 2 aliphatic rings. The van der Waals surface area contributed by atoms with Gasteiger partial charge in [0.1, 0.15) is 17.8 Å². The molecule has 9 heteroatoms. The van der Waals surface area contributed by atoms with E-state index in [-0.39, 0.29) is 5.69 Å². The van der Waals surface area contributed by atoms with Crippen molar-refractivity contribution in [3.8, 4) is 17.2 Å². The van der Waals surface area contributed by atoms with Gasteiger partial charge in [0.25, 0.3) is 5.91 Å². The fourth-order valence-electron chi connectivity index (χ4n) is 4.76. The van der Waals surface area contributed by atoms with Crippen LogP contribution in [0.1, 0.15) is 11.6 Å². The molecule has 2 saturated heterocycles. The minimum atomic E-state index is -1.10. The van der Waals surface area contributed by atoms with Crippen molar-refractivity contribution >= 4 is 23.2 Å². The lowest BCUT2D eigenvalue weighted by molar-refractivity contribution is -0.126. The molecule has 3 atom stereocenters. The normalized spacial score (nSPS) is 21.3. The largest absolute Gasteiger partial charge is 0.493 e. The first-order valence-electron chi connectivity index (χ1n) is 10.9. The summed E-state index contributed by atoms with van der Waals surface area (Å²) in [5.74, 6) is -1.37. The lowest BCUT2D eigenvalue weighted by Gasteiger charge is -2.30. The maximum absolute atomic E-state index is 13.9. The summed E-state index contributed by atoms with van der Waals surface area (Å²) in [4.78, 5) is 34.2. The van der Waals surface area contributed by atoms with Gasteiger partial charge in [0.2, 0.25) is 11.7 Å².